The van der Waals surface area contributed by atoms with Crippen molar-refractivity contribution in [1.29, 1.82) is 0 Å². The maximum Gasteiger partial charge on any atom is 0.255 e. The monoisotopic (exact) mass is 262 g/mol. The number of rotatable bonds is 1. The van der Waals surface area contributed by atoms with Gasteiger partial charge < -0.3 is 5.11 Å². The van der Waals surface area contributed by atoms with Crippen LogP contribution in [0.15, 0.2) is 24.5 Å². The third-order valence-corrected chi connectivity index (χ3v) is 2.80. The fraction of sp³-hybridized carbons (Fsp3) is 0.0833. The highest BCUT2D eigenvalue weighted by Gasteiger charge is 2.21. The largest absolute Gasteiger partial charge is 0.493 e. The van der Waals surface area contributed by atoms with Crippen LogP contribution in [0.3, 0.4) is 0 Å². The van der Waals surface area contributed by atoms with Crippen LogP contribution in [0.4, 0.5) is 8.78 Å². The lowest BCUT2D eigenvalue weighted by atomic mass is 10.0. The van der Waals surface area contributed by atoms with E-state index < -0.39 is 17.5 Å². The Kier molecular flexibility index (Phi) is 2.41. The van der Waals surface area contributed by atoms with E-state index in [2.05, 4.69) is 15.1 Å². The van der Waals surface area contributed by atoms with Crippen molar-refractivity contribution in [3.63, 3.8) is 0 Å². The molecule has 3 rings (SSSR count). The summed E-state index contributed by atoms with van der Waals surface area (Å²) in [4.78, 5) is 7.86. The summed E-state index contributed by atoms with van der Waals surface area (Å²) in [5.41, 5.74) is -0.0991. The molecule has 0 bridgehead atoms. The number of nitrogens with zero attached hydrogens (tertiary/aromatic N) is 4. The third kappa shape index (κ3) is 1.62. The van der Waals surface area contributed by atoms with Crippen molar-refractivity contribution in [2.75, 3.05) is 0 Å². The highest BCUT2D eigenvalue weighted by molar-refractivity contribution is 5.72. The smallest absolute Gasteiger partial charge is 0.255 e. The molecule has 0 unspecified atom stereocenters. The maximum absolute atomic E-state index is 13.8. The zero-order valence-corrected chi connectivity index (χ0v) is 9.80. The molecule has 1 aromatic carbocycles. The number of benzene rings is 1. The van der Waals surface area contributed by atoms with E-state index in [4.69, 9.17) is 0 Å². The molecule has 1 N–H and O–H groups in total. The van der Waals surface area contributed by atoms with Crippen molar-refractivity contribution < 1.29 is 13.9 Å². The number of fused-ring (bicyclic) bond motifs is 1. The predicted molar refractivity (Wildman–Crippen MR) is 62.5 cm³/mol. The summed E-state index contributed by atoms with van der Waals surface area (Å²) < 4.78 is 28.6. The van der Waals surface area contributed by atoms with Crippen molar-refractivity contribution in [3.05, 3.63) is 41.9 Å². The minimum atomic E-state index is -0.778. The Morgan fingerprint density at radius 2 is 1.84 bits per heavy atom. The molecule has 3 aromatic rings. The molecule has 96 valence electrons. The van der Waals surface area contributed by atoms with Crippen LogP contribution in [0.5, 0.6) is 5.88 Å². The van der Waals surface area contributed by atoms with Crippen LogP contribution < -0.4 is 0 Å². The molecule has 0 aliphatic heterocycles. The molecule has 0 spiro atoms. The summed E-state index contributed by atoms with van der Waals surface area (Å²) in [7, 11) is 0. The van der Waals surface area contributed by atoms with Crippen molar-refractivity contribution in [2.45, 2.75) is 6.92 Å². The summed E-state index contributed by atoms with van der Waals surface area (Å²) in [6.45, 7) is 1.54. The summed E-state index contributed by atoms with van der Waals surface area (Å²) in [6.07, 6.45) is 1.20. The number of hydrogen-bond donors (Lipinski definition) is 1. The molecule has 0 aliphatic carbocycles. The van der Waals surface area contributed by atoms with Gasteiger partial charge in [-0.2, -0.15) is 14.6 Å². The van der Waals surface area contributed by atoms with Gasteiger partial charge in [0.15, 0.2) is 0 Å². The number of aromatic hydroxyl groups is 1. The Bertz CT molecular complexity index is 764. The topological polar surface area (TPSA) is 63.3 Å². The summed E-state index contributed by atoms with van der Waals surface area (Å²) in [6, 6.07) is 3.48. The van der Waals surface area contributed by atoms with E-state index in [1.165, 1.54) is 19.3 Å². The van der Waals surface area contributed by atoms with Gasteiger partial charge in [0.2, 0.25) is 5.88 Å². The minimum absolute atomic E-state index is 0.0337. The molecular formula is C12H8F2N4O. The van der Waals surface area contributed by atoms with E-state index in [-0.39, 0.29) is 22.6 Å². The van der Waals surface area contributed by atoms with Gasteiger partial charge in [-0.25, -0.2) is 13.8 Å². The lowest BCUT2D eigenvalue weighted by molar-refractivity contribution is 0.435. The molecule has 0 radical (unpaired) electrons. The molecule has 5 nitrogen and oxygen atoms in total. The Morgan fingerprint density at radius 1 is 1.16 bits per heavy atom. The van der Waals surface area contributed by atoms with Crippen LogP contribution >= 0.6 is 0 Å². The number of halogens is 2. The first-order valence-electron chi connectivity index (χ1n) is 5.43. The molecule has 0 saturated carbocycles. The van der Waals surface area contributed by atoms with Crippen LogP contribution in [0.25, 0.3) is 16.9 Å². The van der Waals surface area contributed by atoms with E-state index >= 15 is 0 Å². The highest BCUT2D eigenvalue weighted by Crippen LogP contribution is 2.34. The van der Waals surface area contributed by atoms with Crippen LogP contribution in [0.1, 0.15) is 5.69 Å². The first kappa shape index (κ1) is 11.5. The molecule has 7 heteroatoms. The number of aromatic nitrogens is 4. The Labute approximate surface area is 106 Å². The van der Waals surface area contributed by atoms with Crippen molar-refractivity contribution in [3.8, 4) is 17.0 Å². The molecule has 2 heterocycles. The molecule has 0 fully saturated rings. The number of aryl methyl sites for hydroxylation is 1. The van der Waals surface area contributed by atoms with Gasteiger partial charge in [-0.15, -0.1) is 0 Å². The Balaban J connectivity index is 2.42. The van der Waals surface area contributed by atoms with Crippen LogP contribution in [0, 0.1) is 18.6 Å². The van der Waals surface area contributed by atoms with Crippen LogP contribution in [-0.2, 0) is 0 Å². The predicted octanol–water partition coefficient (Wildman–Crippen LogP) is 2.08. The van der Waals surface area contributed by atoms with Gasteiger partial charge in [0, 0.05) is 0 Å². The molecule has 0 atom stereocenters. The van der Waals surface area contributed by atoms with Gasteiger partial charge in [0.05, 0.1) is 16.8 Å². The first-order chi connectivity index (χ1) is 9.09. The number of hydrogen-bond acceptors (Lipinski definition) is 4. The van der Waals surface area contributed by atoms with E-state index in [9.17, 15) is 13.9 Å². The van der Waals surface area contributed by atoms with Gasteiger partial charge in [0.25, 0.3) is 5.78 Å². The van der Waals surface area contributed by atoms with Gasteiger partial charge in [0.1, 0.15) is 18.0 Å². The van der Waals surface area contributed by atoms with E-state index in [0.29, 0.717) is 0 Å². The van der Waals surface area contributed by atoms with Crippen LogP contribution in [0.2, 0.25) is 0 Å². The lowest BCUT2D eigenvalue weighted by Crippen LogP contribution is -2.01. The van der Waals surface area contributed by atoms with E-state index in [1.54, 1.807) is 0 Å². The highest BCUT2D eigenvalue weighted by atomic mass is 19.1. The molecular weight excluding hydrogens is 254 g/mol. The molecule has 0 saturated heterocycles. The Morgan fingerprint density at radius 3 is 2.53 bits per heavy atom. The summed E-state index contributed by atoms with van der Waals surface area (Å²) in [5.74, 6) is -1.79. The fourth-order valence-corrected chi connectivity index (χ4v) is 1.96. The van der Waals surface area contributed by atoms with Gasteiger partial charge in [-0.1, -0.05) is 6.07 Å². The Hall–Kier alpha value is -2.57. The van der Waals surface area contributed by atoms with Gasteiger partial charge in [-0.3, -0.25) is 0 Å². The zero-order chi connectivity index (χ0) is 13.6. The second-order valence-corrected chi connectivity index (χ2v) is 3.96. The SMILES string of the molecule is Cc1nc2ncnn2c(O)c1-c1c(F)cccc1F. The lowest BCUT2D eigenvalue weighted by Gasteiger charge is -2.10. The molecule has 0 aliphatic rings. The summed E-state index contributed by atoms with van der Waals surface area (Å²) >= 11 is 0. The van der Waals surface area contributed by atoms with Crippen molar-refractivity contribution in [2.24, 2.45) is 0 Å². The molecule has 2 aromatic heterocycles. The van der Waals surface area contributed by atoms with E-state index in [0.717, 1.165) is 16.6 Å². The zero-order valence-electron chi connectivity index (χ0n) is 9.80. The molecule has 0 amide bonds. The second-order valence-electron chi connectivity index (χ2n) is 3.96. The maximum atomic E-state index is 13.8. The van der Waals surface area contributed by atoms with E-state index in [1.807, 2.05) is 0 Å². The van der Waals surface area contributed by atoms with Crippen molar-refractivity contribution in [1.82, 2.24) is 19.6 Å². The standard InChI is InChI=1S/C12H8F2N4O/c1-6-9(10-7(13)3-2-4-8(10)14)11(19)18-12(17-6)15-5-16-18/h2-5,19H,1H3. The molecule has 19 heavy (non-hydrogen) atoms. The normalized spacial score (nSPS) is 11.1. The average molecular weight is 262 g/mol. The van der Waals surface area contributed by atoms with Gasteiger partial charge in [-0.05, 0) is 19.1 Å². The third-order valence-electron chi connectivity index (χ3n) is 2.80. The first-order valence-corrected chi connectivity index (χ1v) is 5.43. The quantitative estimate of drug-likeness (QED) is 0.729. The van der Waals surface area contributed by atoms with Crippen molar-refractivity contribution >= 4 is 5.78 Å². The van der Waals surface area contributed by atoms with Gasteiger partial charge >= 0.3 is 0 Å². The average Bonchev–Trinajstić information content (AvgIpc) is 2.81. The minimum Gasteiger partial charge on any atom is -0.493 e. The second kappa shape index (κ2) is 3.98. The summed E-state index contributed by atoms with van der Waals surface area (Å²) in [5, 5.41) is 13.9. The fourth-order valence-electron chi connectivity index (χ4n) is 1.96. The van der Waals surface area contributed by atoms with Crippen LogP contribution in [-0.4, -0.2) is 24.7 Å².